The van der Waals surface area contributed by atoms with Gasteiger partial charge in [-0.3, -0.25) is 0 Å². The summed E-state index contributed by atoms with van der Waals surface area (Å²) in [6.07, 6.45) is 2.61. The minimum Gasteiger partial charge on any atom is -0.435 e. The first-order valence-corrected chi connectivity index (χ1v) is 8.23. The third kappa shape index (κ3) is 6.41. The van der Waals surface area contributed by atoms with Crippen LogP contribution in [-0.2, 0) is 0 Å². The summed E-state index contributed by atoms with van der Waals surface area (Å²) >= 11 is 0. The molecule has 0 spiro atoms. The van der Waals surface area contributed by atoms with Crippen LogP contribution in [0.4, 0.5) is 8.78 Å². The number of hydrogen-bond acceptors (Lipinski definition) is 4. The number of nitrogens with one attached hydrogen (secondary N) is 1. The van der Waals surface area contributed by atoms with Gasteiger partial charge in [-0.15, -0.1) is 0 Å². The average Bonchev–Trinajstić information content (AvgIpc) is 2.52. The molecule has 0 aromatic heterocycles. The molecule has 1 atom stereocenters. The molecule has 1 aromatic carbocycles. The Labute approximate surface area is 136 Å². The zero-order valence-electron chi connectivity index (χ0n) is 13.5. The summed E-state index contributed by atoms with van der Waals surface area (Å²) in [6.45, 7) is 3.02. The van der Waals surface area contributed by atoms with Crippen LogP contribution in [0.1, 0.15) is 37.8 Å². The van der Waals surface area contributed by atoms with Gasteiger partial charge in [-0.1, -0.05) is 12.1 Å². The lowest BCUT2D eigenvalue weighted by molar-refractivity contribution is -0.0499. The molecule has 6 heteroatoms. The maximum absolute atomic E-state index is 12.2. The van der Waals surface area contributed by atoms with E-state index in [0.29, 0.717) is 0 Å². The van der Waals surface area contributed by atoms with Crippen LogP contribution in [-0.4, -0.2) is 48.9 Å². The monoisotopic (exact) mass is 328 g/mol. The molecule has 23 heavy (non-hydrogen) atoms. The molecule has 0 saturated carbocycles. The standard InChI is InChI=1S/C17H26F2N2O2/c1-13(14-4-2-5-16(12-14)23-17(18)19)20-8-3-9-21-10-6-15(22)7-11-21/h2,4-5,12-13,15,17,20,22H,3,6-11H2,1H3. The zero-order valence-corrected chi connectivity index (χ0v) is 13.5. The number of ether oxygens (including phenoxy) is 1. The molecule has 1 aliphatic rings. The Bertz CT molecular complexity index is 466. The fourth-order valence-electron chi connectivity index (χ4n) is 2.84. The number of halogens is 2. The Morgan fingerprint density at radius 2 is 2.09 bits per heavy atom. The highest BCUT2D eigenvalue weighted by Gasteiger charge is 2.16. The van der Waals surface area contributed by atoms with Crippen molar-refractivity contribution in [2.75, 3.05) is 26.2 Å². The van der Waals surface area contributed by atoms with Crippen molar-refractivity contribution in [1.29, 1.82) is 0 Å². The van der Waals surface area contributed by atoms with Crippen LogP contribution in [0.2, 0.25) is 0 Å². The summed E-state index contributed by atoms with van der Waals surface area (Å²) < 4.78 is 28.9. The minimum atomic E-state index is -2.79. The number of piperidine rings is 1. The molecule has 1 aliphatic heterocycles. The van der Waals surface area contributed by atoms with Crippen LogP contribution in [0.5, 0.6) is 5.75 Å². The SMILES string of the molecule is CC(NCCCN1CCC(O)CC1)c1cccc(OC(F)F)c1. The Morgan fingerprint density at radius 1 is 1.35 bits per heavy atom. The van der Waals surface area contributed by atoms with Gasteiger partial charge in [0.2, 0.25) is 0 Å². The van der Waals surface area contributed by atoms with Crippen molar-refractivity contribution in [1.82, 2.24) is 10.2 Å². The van der Waals surface area contributed by atoms with Gasteiger partial charge >= 0.3 is 6.61 Å². The van der Waals surface area contributed by atoms with Gasteiger partial charge in [-0.2, -0.15) is 8.78 Å². The van der Waals surface area contributed by atoms with Crippen molar-refractivity contribution in [3.05, 3.63) is 29.8 Å². The summed E-state index contributed by atoms with van der Waals surface area (Å²) in [5.41, 5.74) is 0.934. The summed E-state index contributed by atoms with van der Waals surface area (Å²) in [6, 6.07) is 6.90. The fourth-order valence-corrected chi connectivity index (χ4v) is 2.84. The Morgan fingerprint density at radius 3 is 2.78 bits per heavy atom. The second-order valence-corrected chi connectivity index (χ2v) is 6.05. The molecule has 1 heterocycles. The summed E-state index contributed by atoms with van der Waals surface area (Å²) in [7, 11) is 0. The van der Waals surface area contributed by atoms with Gasteiger partial charge in [-0.05, 0) is 57.0 Å². The van der Waals surface area contributed by atoms with E-state index in [1.165, 1.54) is 6.07 Å². The summed E-state index contributed by atoms with van der Waals surface area (Å²) in [5.74, 6) is 0.193. The average molecular weight is 328 g/mol. The Balaban J connectivity index is 1.69. The molecule has 1 fully saturated rings. The van der Waals surface area contributed by atoms with Gasteiger partial charge in [0.15, 0.2) is 0 Å². The van der Waals surface area contributed by atoms with E-state index in [1.807, 2.05) is 13.0 Å². The second-order valence-electron chi connectivity index (χ2n) is 6.05. The third-order valence-electron chi connectivity index (χ3n) is 4.24. The summed E-state index contributed by atoms with van der Waals surface area (Å²) in [4.78, 5) is 2.37. The predicted molar refractivity (Wildman–Crippen MR) is 85.8 cm³/mol. The molecular formula is C17H26F2N2O2. The van der Waals surface area contributed by atoms with E-state index in [2.05, 4.69) is 15.0 Å². The number of rotatable bonds is 8. The number of benzene rings is 1. The first kappa shape index (κ1) is 18.1. The molecule has 1 saturated heterocycles. The van der Waals surface area contributed by atoms with Crippen molar-refractivity contribution < 1.29 is 18.6 Å². The van der Waals surface area contributed by atoms with E-state index in [1.54, 1.807) is 12.1 Å². The number of aliphatic hydroxyl groups is 1. The first-order chi connectivity index (χ1) is 11.0. The normalized spacial score (nSPS) is 18.3. The lowest BCUT2D eigenvalue weighted by Crippen LogP contribution is -2.37. The summed E-state index contributed by atoms with van der Waals surface area (Å²) in [5, 5.41) is 12.9. The molecule has 2 N–H and O–H groups in total. The van der Waals surface area contributed by atoms with Crippen molar-refractivity contribution in [2.24, 2.45) is 0 Å². The number of hydrogen-bond donors (Lipinski definition) is 2. The first-order valence-electron chi connectivity index (χ1n) is 8.23. The Kier molecular flexibility index (Phi) is 7.20. The van der Waals surface area contributed by atoms with Crippen LogP contribution in [0, 0.1) is 0 Å². The zero-order chi connectivity index (χ0) is 16.7. The van der Waals surface area contributed by atoms with Gasteiger partial charge in [0, 0.05) is 19.1 Å². The van der Waals surface area contributed by atoms with E-state index >= 15 is 0 Å². The molecule has 130 valence electrons. The molecule has 0 radical (unpaired) electrons. The quantitative estimate of drug-likeness (QED) is 0.720. The largest absolute Gasteiger partial charge is 0.435 e. The van der Waals surface area contributed by atoms with E-state index < -0.39 is 6.61 Å². The molecule has 0 aliphatic carbocycles. The maximum Gasteiger partial charge on any atom is 0.387 e. The van der Waals surface area contributed by atoms with Crippen molar-refractivity contribution >= 4 is 0 Å². The van der Waals surface area contributed by atoms with Crippen molar-refractivity contribution in [2.45, 2.75) is 44.9 Å². The van der Waals surface area contributed by atoms with Crippen LogP contribution in [0.3, 0.4) is 0 Å². The lowest BCUT2D eigenvalue weighted by atomic mass is 10.1. The molecular weight excluding hydrogens is 302 g/mol. The van der Waals surface area contributed by atoms with Crippen LogP contribution in [0.25, 0.3) is 0 Å². The van der Waals surface area contributed by atoms with E-state index in [0.717, 1.165) is 51.0 Å². The number of nitrogens with zero attached hydrogens (tertiary/aromatic N) is 1. The highest BCUT2D eigenvalue weighted by atomic mass is 19.3. The van der Waals surface area contributed by atoms with E-state index in [4.69, 9.17) is 0 Å². The lowest BCUT2D eigenvalue weighted by Gasteiger charge is -2.29. The fraction of sp³-hybridized carbons (Fsp3) is 0.647. The maximum atomic E-state index is 12.2. The Hall–Kier alpha value is -1.24. The number of alkyl halides is 2. The van der Waals surface area contributed by atoms with Crippen molar-refractivity contribution in [3.63, 3.8) is 0 Å². The molecule has 0 bridgehead atoms. The second kappa shape index (κ2) is 9.15. The third-order valence-corrected chi connectivity index (χ3v) is 4.24. The van der Waals surface area contributed by atoms with Gasteiger partial charge in [-0.25, -0.2) is 0 Å². The molecule has 1 aromatic rings. The molecule has 2 rings (SSSR count). The van der Waals surface area contributed by atoms with Gasteiger partial charge < -0.3 is 20.1 Å². The smallest absolute Gasteiger partial charge is 0.387 e. The molecule has 4 nitrogen and oxygen atoms in total. The number of aliphatic hydroxyl groups excluding tert-OH is 1. The van der Waals surface area contributed by atoms with Crippen LogP contribution in [0.15, 0.2) is 24.3 Å². The topological polar surface area (TPSA) is 44.7 Å². The van der Waals surface area contributed by atoms with Crippen LogP contribution < -0.4 is 10.1 Å². The van der Waals surface area contributed by atoms with Gasteiger partial charge in [0.1, 0.15) is 5.75 Å². The molecule has 1 unspecified atom stereocenters. The van der Waals surface area contributed by atoms with Crippen molar-refractivity contribution in [3.8, 4) is 5.75 Å². The number of likely N-dealkylation sites (tertiary alicyclic amines) is 1. The van der Waals surface area contributed by atoms with E-state index in [9.17, 15) is 13.9 Å². The highest BCUT2D eigenvalue weighted by Crippen LogP contribution is 2.20. The minimum absolute atomic E-state index is 0.0828. The van der Waals surface area contributed by atoms with Gasteiger partial charge in [0.25, 0.3) is 0 Å². The predicted octanol–water partition coefficient (Wildman–Crippen LogP) is 2.79. The molecule has 0 amide bonds. The van der Waals surface area contributed by atoms with E-state index in [-0.39, 0.29) is 17.9 Å². The van der Waals surface area contributed by atoms with Crippen LogP contribution >= 0.6 is 0 Å². The van der Waals surface area contributed by atoms with Gasteiger partial charge in [0.05, 0.1) is 6.10 Å². The highest BCUT2D eigenvalue weighted by molar-refractivity contribution is 5.30.